The van der Waals surface area contributed by atoms with Crippen molar-refractivity contribution < 1.29 is 9.18 Å². The van der Waals surface area contributed by atoms with Gasteiger partial charge in [-0.3, -0.25) is 4.79 Å². The Morgan fingerprint density at radius 1 is 1.24 bits per heavy atom. The van der Waals surface area contributed by atoms with Crippen LogP contribution in [0.15, 0.2) is 42.5 Å². The van der Waals surface area contributed by atoms with E-state index >= 15 is 0 Å². The Labute approximate surface area is 128 Å². The number of carbonyl (C=O) groups is 1. The van der Waals surface area contributed by atoms with Gasteiger partial charge >= 0.3 is 0 Å². The van der Waals surface area contributed by atoms with Crippen molar-refractivity contribution in [3.63, 3.8) is 0 Å². The van der Waals surface area contributed by atoms with Crippen LogP contribution in [0.4, 0.5) is 15.8 Å². The van der Waals surface area contributed by atoms with E-state index in [4.69, 9.17) is 11.6 Å². The van der Waals surface area contributed by atoms with E-state index in [1.807, 2.05) is 25.1 Å². The van der Waals surface area contributed by atoms with Crippen molar-refractivity contribution in [2.45, 2.75) is 19.9 Å². The quantitative estimate of drug-likeness (QED) is 0.866. The molecule has 2 aromatic carbocycles. The summed E-state index contributed by atoms with van der Waals surface area (Å²) in [6.07, 6.45) is 0. The Hall–Kier alpha value is -2.07. The molecule has 0 aliphatic carbocycles. The summed E-state index contributed by atoms with van der Waals surface area (Å²) in [6, 6.07) is 11.8. The van der Waals surface area contributed by atoms with E-state index < -0.39 is 5.82 Å². The highest BCUT2D eigenvalue weighted by molar-refractivity contribution is 6.30. The van der Waals surface area contributed by atoms with Crippen LogP contribution in [0.1, 0.15) is 25.5 Å². The van der Waals surface area contributed by atoms with Crippen LogP contribution in [0.5, 0.6) is 0 Å². The largest absolute Gasteiger partial charge is 0.376 e. The summed E-state index contributed by atoms with van der Waals surface area (Å²) in [5, 5.41) is 6.17. The summed E-state index contributed by atoms with van der Waals surface area (Å²) >= 11 is 5.73. The Balaban J connectivity index is 2.16. The lowest BCUT2D eigenvalue weighted by molar-refractivity contribution is -0.114. The molecule has 1 amide bonds. The van der Waals surface area contributed by atoms with E-state index in [9.17, 15) is 9.18 Å². The van der Waals surface area contributed by atoms with Gasteiger partial charge in [-0.25, -0.2) is 4.39 Å². The molecule has 2 N–H and O–H groups in total. The predicted octanol–water partition coefficient (Wildman–Crippen LogP) is 4.61. The Morgan fingerprint density at radius 3 is 2.67 bits per heavy atom. The highest BCUT2D eigenvalue weighted by Crippen LogP contribution is 2.25. The predicted molar refractivity (Wildman–Crippen MR) is 84.2 cm³/mol. The molecule has 0 spiro atoms. The Kier molecular flexibility index (Phi) is 4.81. The molecular weight excluding hydrogens is 291 g/mol. The number of nitrogens with one attached hydrogen (secondary N) is 2. The van der Waals surface area contributed by atoms with Crippen LogP contribution < -0.4 is 10.6 Å². The van der Waals surface area contributed by atoms with Gasteiger partial charge in [-0.1, -0.05) is 23.7 Å². The second kappa shape index (κ2) is 6.59. The van der Waals surface area contributed by atoms with Gasteiger partial charge in [-0.15, -0.1) is 0 Å². The number of rotatable bonds is 4. The second-order valence-electron chi connectivity index (χ2n) is 4.80. The first-order valence-corrected chi connectivity index (χ1v) is 6.92. The van der Waals surface area contributed by atoms with E-state index in [2.05, 4.69) is 10.6 Å². The van der Waals surface area contributed by atoms with E-state index in [-0.39, 0.29) is 11.9 Å². The molecule has 0 saturated heterocycles. The van der Waals surface area contributed by atoms with Crippen LogP contribution in [-0.4, -0.2) is 5.91 Å². The molecule has 1 unspecified atom stereocenters. The SMILES string of the molecule is CC(=O)Nc1cccc(C(C)Nc2ccc(Cl)cc2F)c1. The summed E-state index contributed by atoms with van der Waals surface area (Å²) in [6.45, 7) is 3.37. The molecule has 0 radical (unpaired) electrons. The molecule has 0 aliphatic rings. The van der Waals surface area contributed by atoms with Crippen LogP contribution in [0.2, 0.25) is 5.02 Å². The first-order valence-electron chi connectivity index (χ1n) is 6.55. The molecule has 3 nitrogen and oxygen atoms in total. The molecular formula is C16H16ClFN2O. The molecule has 0 bridgehead atoms. The average molecular weight is 307 g/mol. The molecule has 21 heavy (non-hydrogen) atoms. The van der Waals surface area contributed by atoms with Gasteiger partial charge in [0.2, 0.25) is 5.91 Å². The number of hydrogen-bond donors (Lipinski definition) is 2. The van der Waals surface area contributed by atoms with Gasteiger partial charge in [0.15, 0.2) is 0 Å². The fraction of sp³-hybridized carbons (Fsp3) is 0.188. The van der Waals surface area contributed by atoms with Gasteiger partial charge in [0, 0.05) is 23.7 Å². The van der Waals surface area contributed by atoms with Crippen molar-refractivity contribution in [3.05, 3.63) is 58.9 Å². The van der Waals surface area contributed by atoms with Gasteiger partial charge in [-0.05, 0) is 42.8 Å². The summed E-state index contributed by atoms with van der Waals surface area (Å²) in [7, 11) is 0. The molecule has 0 heterocycles. The molecule has 110 valence electrons. The molecule has 1 atom stereocenters. The zero-order valence-corrected chi connectivity index (χ0v) is 12.5. The third-order valence-corrected chi connectivity index (χ3v) is 3.25. The van der Waals surface area contributed by atoms with Crippen molar-refractivity contribution in [1.82, 2.24) is 0 Å². The van der Waals surface area contributed by atoms with Gasteiger partial charge in [0.1, 0.15) is 5.82 Å². The lowest BCUT2D eigenvalue weighted by Gasteiger charge is -2.17. The Bertz CT molecular complexity index is 660. The molecule has 0 fully saturated rings. The smallest absolute Gasteiger partial charge is 0.221 e. The van der Waals surface area contributed by atoms with Crippen LogP contribution in [0, 0.1) is 5.82 Å². The van der Waals surface area contributed by atoms with E-state index in [0.717, 1.165) is 5.56 Å². The number of carbonyl (C=O) groups excluding carboxylic acids is 1. The van der Waals surface area contributed by atoms with E-state index in [1.165, 1.54) is 13.0 Å². The molecule has 2 aromatic rings. The minimum absolute atomic E-state index is 0.116. The monoisotopic (exact) mass is 306 g/mol. The van der Waals surface area contributed by atoms with Crippen LogP contribution in [0.25, 0.3) is 0 Å². The minimum Gasteiger partial charge on any atom is -0.376 e. The molecule has 2 rings (SSSR count). The third-order valence-electron chi connectivity index (χ3n) is 3.01. The molecule has 0 aromatic heterocycles. The van der Waals surface area contributed by atoms with Crippen LogP contribution >= 0.6 is 11.6 Å². The lowest BCUT2D eigenvalue weighted by Crippen LogP contribution is -2.10. The first kappa shape index (κ1) is 15.3. The van der Waals surface area contributed by atoms with E-state index in [1.54, 1.807) is 18.2 Å². The average Bonchev–Trinajstić information content (AvgIpc) is 2.41. The summed E-state index contributed by atoms with van der Waals surface area (Å²) in [5.41, 5.74) is 2.04. The van der Waals surface area contributed by atoms with Gasteiger partial charge in [-0.2, -0.15) is 0 Å². The van der Waals surface area contributed by atoms with Crippen molar-refractivity contribution >= 4 is 28.9 Å². The minimum atomic E-state index is -0.396. The lowest BCUT2D eigenvalue weighted by atomic mass is 10.1. The van der Waals surface area contributed by atoms with E-state index in [0.29, 0.717) is 16.4 Å². The number of halogens is 2. The van der Waals surface area contributed by atoms with Crippen molar-refractivity contribution in [1.29, 1.82) is 0 Å². The fourth-order valence-electron chi connectivity index (χ4n) is 2.01. The zero-order valence-electron chi connectivity index (χ0n) is 11.8. The normalized spacial score (nSPS) is 11.8. The number of hydrogen-bond acceptors (Lipinski definition) is 2. The first-order chi connectivity index (χ1) is 9.95. The number of anilines is 2. The second-order valence-corrected chi connectivity index (χ2v) is 5.23. The number of benzene rings is 2. The standard InChI is InChI=1S/C16H16ClFN2O/c1-10(19-16-7-6-13(17)9-15(16)18)12-4-3-5-14(8-12)20-11(2)21/h3-10,19H,1-2H3,(H,20,21). The molecule has 5 heteroatoms. The topological polar surface area (TPSA) is 41.1 Å². The van der Waals surface area contributed by atoms with Gasteiger partial charge < -0.3 is 10.6 Å². The Morgan fingerprint density at radius 2 is 2.00 bits per heavy atom. The summed E-state index contributed by atoms with van der Waals surface area (Å²) < 4.78 is 13.8. The fourth-order valence-corrected chi connectivity index (χ4v) is 2.17. The van der Waals surface area contributed by atoms with Crippen LogP contribution in [0.3, 0.4) is 0 Å². The maximum absolute atomic E-state index is 13.8. The highest BCUT2D eigenvalue weighted by Gasteiger charge is 2.09. The highest BCUT2D eigenvalue weighted by atomic mass is 35.5. The summed E-state index contributed by atoms with van der Waals surface area (Å²) in [5.74, 6) is -0.524. The molecule has 0 aliphatic heterocycles. The van der Waals surface area contributed by atoms with Gasteiger partial charge in [0.05, 0.1) is 5.69 Å². The van der Waals surface area contributed by atoms with Gasteiger partial charge in [0.25, 0.3) is 0 Å². The van der Waals surface area contributed by atoms with Crippen molar-refractivity contribution in [3.8, 4) is 0 Å². The van der Waals surface area contributed by atoms with Crippen molar-refractivity contribution in [2.75, 3.05) is 10.6 Å². The maximum atomic E-state index is 13.8. The number of amides is 1. The van der Waals surface area contributed by atoms with Crippen LogP contribution in [-0.2, 0) is 4.79 Å². The third kappa shape index (κ3) is 4.20. The maximum Gasteiger partial charge on any atom is 0.221 e. The molecule has 0 saturated carbocycles. The van der Waals surface area contributed by atoms with Crippen molar-refractivity contribution in [2.24, 2.45) is 0 Å². The zero-order chi connectivity index (χ0) is 15.4. The summed E-state index contributed by atoms with van der Waals surface area (Å²) in [4.78, 5) is 11.1.